The molecule has 3 heterocycles. The Morgan fingerprint density at radius 1 is 0.922 bits per heavy atom. The number of H-pyrrole nitrogens is 1. The highest BCUT2D eigenvalue weighted by Gasteiger charge is 2.70. The molecular formula is C39H41NO11. The molecule has 0 bridgehead atoms. The summed E-state index contributed by atoms with van der Waals surface area (Å²) in [5, 5.41) is 80.0. The molecule has 4 aromatic carbocycles. The Hall–Kier alpha value is -4.11. The maximum Gasteiger partial charge on any atom is 0.343 e. The number of aromatic nitrogens is 1. The third-order valence-corrected chi connectivity index (χ3v) is 11.7. The predicted octanol–water partition coefficient (Wildman–Crippen LogP) is 3.37. The number of carbonyl (C=O) groups excluding carboxylic acids is 1. The average molecular weight is 700 g/mol. The van der Waals surface area contributed by atoms with Crippen molar-refractivity contribution in [1.29, 1.82) is 0 Å². The molecule has 268 valence electrons. The second kappa shape index (κ2) is 12.5. The second-order valence-corrected chi connectivity index (χ2v) is 14.3. The van der Waals surface area contributed by atoms with E-state index in [-0.39, 0.29) is 30.0 Å². The van der Waals surface area contributed by atoms with Crippen LogP contribution in [0.15, 0.2) is 72.8 Å². The minimum absolute atomic E-state index is 0.0400. The quantitative estimate of drug-likeness (QED) is 0.0671. The number of ether oxygens (including phenoxy) is 3. The van der Waals surface area contributed by atoms with Crippen molar-refractivity contribution in [1.82, 2.24) is 4.98 Å². The van der Waals surface area contributed by atoms with E-state index < -0.39 is 66.5 Å². The fraction of sp³-hybridized carbons (Fsp3) is 0.410. The fourth-order valence-corrected chi connectivity index (χ4v) is 9.16. The van der Waals surface area contributed by atoms with Gasteiger partial charge in [0.1, 0.15) is 24.1 Å². The van der Waals surface area contributed by atoms with Gasteiger partial charge in [0.15, 0.2) is 18.1 Å². The van der Waals surface area contributed by atoms with Gasteiger partial charge in [-0.1, -0.05) is 55.3 Å². The van der Waals surface area contributed by atoms with Crippen molar-refractivity contribution in [2.45, 2.75) is 86.5 Å². The maximum atomic E-state index is 14.2. The van der Waals surface area contributed by atoms with Crippen LogP contribution in [0.2, 0.25) is 0 Å². The molecule has 6 unspecified atom stereocenters. The Kier molecular flexibility index (Phi) is 8.36. The number of carbonyl (C=O) groups is 1. The molecule has 12 heteroatoms. The molecule has 1 aliphatic carbocycles. The highest BCUT2D eigenvalue weighted by molar-refractivity contribution is 6.14. The van der Waals surface area contributed by atoms with E-state index >= 15 is 0 Å². The van der Waals surface area contributed by atoms with Crippen molar-refractivity contribution in [2.24, 2.45) is 5.92 Å². The average Bonchev–Trinajstić information content (AvgIpc) is 3.82. The molecule has 2 saturated heterocycles. The topological polar surface area (TPSA) is 202 Å². The van der Waals surface area contributed by atoms with Crippen molar-refractivity contribution >= 4 is 38.4 Å². The smallest absolute Gasteiger partial charge is 0.343 e. The number of phenolic OH excluding ortho intramolecular Hbond substituents is 1. The van der Waals surface area contributed by atoms with Gasteiger partial charge in [0.05, 0.1) is 29.3 Å². The van der Waals surface area contributed by atoms with Crippen LogP contribution in [0, 0.1) is 5.92 Å². The van der Waals surface area contributed by atoms with Gasteiger partial charge in [-0.3, -0.25) is 0 Å². The van der Waals surface area contributed by atoms with Gasteiger partial charge in [-0.15, -0.1) is 0 Å². The number of fused-ring (bicyclic) bond motifs is 5. The summed E-state index contributed by atoms with van der Waals surface area (Å²) >= 11 is 0. The summed E-state index contributed by atoms with van der Waals surface area (Å²) in [6.45, 7) is -1.56. The minimum atomic E-state index is -2.60. The molecule has 12 nitrogen and oxygen atoms in total. The van der Waals surface area contributed by atoms with Crippen LogP contribution < -0.4 is 4.74 Å². The van der Waals surface area contributed by atoms with Crippen LogP contribution in [0.5, 0.6) is 11.5 Å². The van der Waals surface area contributed by atoms with E-state index in [1.54, 1.807) is 24.3 Å². The lowest BCUT2D eigenvalue weighted by molar-refractivity contribution is -0.299. The summed E-state index contributed by atoms with van der Waals surface area (Å²) in [6.07, 6.45) is -3.46. The summed E-state index contributed by atoms with van der Waals surface area (Å²) in [4.78, 5) is 17.3. The third kappa shape index (κ3) is 5.24. The fourth-order valence-electron chi connectivity index (χ4n) is 9.16. The summed E-state index contributed by atoms with van der Waals surface area (Å²) < 4.78 is 18.2. The first-order valence-electron chi connectivity index (χ1n) is 17.3. The molecule has 0 radical (unpaired) electrons. The number of nitrogens with one attached hydrogen (secondary N) is 1. The highest BCUT2D eigenvalue weighted by Crippen LogP contribution is 2.54. The Morgan fingerprint density at radius 3 is 2.29 bits per heavy atom. The number of aliphatic hydroxyl groups is 6. The summed E-state index contributed by atoms with van der Waals surface area (Å²) in [5.41, 5.74) is -1.42. The molecular weight excluding hydrogens is 658 g/mol. The van der Waals surface area contributed by atoms with Gasteiger partial charge < -0.3 is 54.9 Å². The number of aromatic amines is 1. The molecule has 1 saturated carbocycles. The van der Waals surface area contributed by atoms with Crippen LogP contribution in [-0.4, -0.2) is 89.3 Å². The van der Waals surface area contributed by atoms with E-state index in [1.165, 1.54) is 0 Å². The molecule has 2 aliphatic heterocycles. The van der Waals surface area contributed by atoms with Gasteiger partial charge >= 0.3 is 5.97 Å². The van der Waals surface area contributed by atoms with Crippen molar-refractivity contribution in [2.75, 3.05) is 6.61 Å². The molecule has 6 atom stereocenters. The summed E-state index contributed by atoms with van der Waals surface area (Å²) in [5.74, 6) is -4.47. The zero-order valence-corrected chi connectivity index (χ0v) is 27.7. The zero-order chi connectivity index (χ0) is 35.7. The Balaban J connectivity index is 1.17. The molecule has 8 rings (SSSR count). The van der Waals surface area contributed by atoms with Crippen LogP contribution >= 0.6 is 0 Å². The monoisotopic (exact) mass is 699 g/mol. The first-order chi connectivity index (χ1) is 24.5. The van der Waals surface area contributed by atoms with E-state index in [4.69, 9.17) is 14.2 Å². The van der Waals surface area contributed by atoms with Crippen LogP contribution in [0.1, 0.15) is 49.8 Å². The number of esters is 1. The SMILES string of the molecule is O=C(Oc1c(CO)[nH]c2ccc3cc4ccccc4cc3c12)C1OC(O)(CO)C2(O)CCC(C(C(O)O)C3(c4ccc(O)cc4)CCCC3)OC12. The number of aromatic hydroxyl groups is 1. The molecule has 8 N–H and O–H groups in total. The van der Waals surface area contributed by atoms with Gasteiger partial charge in [-0.25, -0.2) is 4.79 Å². The molecule has 3 aliphatic rings. The Labute approximate surface area is 292 Å². The van der Waals surface area contributed by atoms with E-state index in [2.05, 4.69) is 4.98 Å². The lowest BCUT2D eigenvalue weighted by Gasteiger charge is -2.49. The van der Waals surface area contributed by atoms with Crippen LogP contribution in [0.4, 0.5) is 0 Å². The maximum absolute atomic E-state index is 14.2. The Morgan fingerprint density at radius 2 is 1.63 bits per heavy atom. The minimum Gasteiger partial charge on any atom is -0.508 e. The van der Waals surface area contributed by atoms with E-state index in [9.17, 15) is 40.5 Å². The highest BCUT2D eigenvalue weighted by atomic mass is 16.7. The van der Waals surface area contributed by atoms with Gasteiger partial charge in [0.25, 0.3) is 0 Å². The lowest BCUT2D eigenvalue weighted by Crippen LogP contribution is -2.64. The molecule has 0 amide bonds. The van der Waals surface area contributed by atoms with Gasteiger partial charge in [-0.05, 0) is 83.1 Å². The first-order valence-corrected chi connectivity index (χ1v) is 17.3. The van der Waals surface area contributed by atoms with Crippen molar-refractivity contribution in [3.63, 3.8) is 0 Å². The largest absolute Gasteiger partial charge is 0.508 e. The molecule has 0 spiro atoms. The second-order valence-electron chi connectivity index (χ2n) is 14.3. The van der Waals surface area contributed by atoms with E-state index in [0.29, 0.717) is 23.7 Å². The molecule has 1 aromatic heterocycles. The zero-order valence-electron chi connectivity index (χ0n) is 27.7. The number of hydrogen-bond donors (Lipinski definition) is 8. The Bertz CT molecular complexity index is 2110. The van der Waals surface area contributed by atoms with Crippen LogP contribution in [0.25, 0.3) is 32.4 Å². The third-order valence-electron chi connectivity index (χ3n) is 11.7. The number of hydrogen-bond acceptors (Lipinski definition) is 11. The number of benzene rings is 4. The normalized spacial score (nSPS) is 28.1. The van der Waals surface area contributed by atoms with Gasteiger partial charge in [-0.2, -0.15) is 0 Å². The standard InChI is InChI=1S/C39H41NO11/c41-19-28-32(30-26-18-22-6-2-1-5-21(22)17-23(26)7-12-27(30)40-28)50-36(46)33-34-38(47,39(48,20-42)51-33)16-13-29(49-34)31(35(44)45)37(14-3-4-15-37)24-8-10-25(43)11-9-24/h1-2,5-12,17-18,29,31,33-35,40-45,47-48H,3-4,13-16,19-20H2. The first kappa shape index (κ1) is 34.0. The molecule has 5 aromatic rings. The number of aliphatic hydroxyl groups excluding tert-OH is 3. The van der Waals surface area contributed by atoms with Gasteiger partial charge in [0.2, 0.25) is 5.79 Å². The van der Waals surface area contributed by atoms with E-state index in [1.807, 2.05) is 48.5 Å². The van der Waals surface area contributed by atoms with E-state index in [0.717, 1.165) is 39.9 Å². The summed E-state index contributed by atoms with van der Waals surface area (Å²) in [7, 11) is 0. The lowest BCUT2D eigenvalue weighted by atomic mass is 9.64. The van der Waals surface area contributed by atoms with Crippen molar-refractivity contribution in [3.05, 3.63) is 84.1 Å². The number of phenols is 1. The van der Waals surface area contributed by atoms with Crippen molar-refractivity contribution < 1.29 is 54.8 Å². The predicted molar refractivity (Wildman–Crippen MR) is 185 cm³/mol. The van der Waals surface area contributed by atoms with Crippen LogP contribution in [-0.2, 0) is 26.3 Å². The summed E-state index contributed by atoms with van der Waals surface area (Å²) in [6, 6.07) is 22.2. The number of rotatable bonds is 8. The molecule has 51 heavy (non-hydrogen) atoms. The van der Waals surface area contributed by atoms with Crippen molar-refractivity contribution in [3.8, 4) is 11.5 Å². The molecule has 3 fully saturated rings. The van der Waals surface area contributed by atoms with Gasteiger partial charge in [0, 0.05) is 11.3 Å². The van der Waals surface area contributed by atoms with Crippen LogP contribution in [0.3, 0.4) is 0 Å².